The van der Waals surface area contributed by atoms with Crippen molar-refractivity contribution in [3.8, 4) is 0 Å². The van der Waals surface area contributed by atoms with Crippen molar-refractivity contribution in [2.45, 2.75) is 52.1 Å². The molecule has 0 aliphatic carbocycles. The first-order valence-electron chi connectivity index (χ1n) is 6.01. The van der Waals surface area contributed by atoms with E-state index in [1.807, 2.05) is 13.0 Å². The maximum atomic E-state index is 5.78. The van der Waals surface area contributed by atoms with Crippen molar-refractivity contribution in [3.05, 3.63) is 11.9 Å². The second kappa shape index (κ2) is 4.28. The highest BCUT2D eigenvalue weighted by Crippen LogP contribution is 2.31. The second-order valence-electron chi connectivity index (χ2n) is 4.59. The van der Waals surface area contributed by atoms with Crippen molar-refractivity contribution in [3.63, 3.8) is 0 Å². The van der Waals surface area contributed by atoms with Crippen LogP contribution in [0.4, 0.5) is 11.6 Å². The molecule has 4 nitrogen and oxygen atoms in total. The SMILES string of the molecule is CCC1CCC(C)N1c1cc(N)nc(C)n1. The molecule has 2 heterocycles. The third kappa shape index (κ3) is 1.96. The zero-order valence-corrected chi connectivity index (χ0v) is 10.3. The standard InChI is InChI=1S/C12H20N4/c1-4-10-6-5-8(2)16(10)12-7-11(13)14-9(3)15-12/h7-8,10H,4-6H2,1-3H3,(H2,13,14,15). The minimum absolute atomic E-state index is 0.554. The molecule has 88 valence electrons. The largest absolute Gasteiger partial charge is 0.384 e. The zero-order chi connectivity index (χ0) is 11.7. The monoisotopic (exact) mass is 220 g/mol. The lowest BCUT2D eigenvalue weighted by atomic mass is 10.1. The van der Waals surface area contributed by atoms with Crippen molar-refractivity contribution in [2.24, 2.45) is 0 Å². The number of anilines is 2. The highest BCUT2D eigenvalue weighted by Gasteiger charge is 2.30. The molecular weight excluding hydrogens is 200 g/mol. The van der Waals surface area contributed by atoms with Gasteiger partial charge in [-0.1, -0.05) is 6.92 Å². The fourth-order valence-electron chi connectivity index (χ4n) is 2.59. The molecule has 0 radical (unpaired) electrons. The second-order valence-corrected chi connectivity index (χ2v) is 4.59. The van der Waals surface area contributed by atoms with E-state index in [0.29, 0.717) is 17.9 Å². The van der Waals surface area contributed by atoms with Crippen molar-refractivity contribution in [1.82, 2.24) is 9.97 Å². The molecule has 1 aromatic rings. The lowest BCUT2D eigenvalue weighted by molar-refractivity contribution is 0.619. The fourth-order valence-corrected chi connectivity index (χ4v) is 2.59. The Bertz CT molecular complexity index is 357. The number of aromatic nitrogens is 2. The van der Waals surface area contributed by atoms with Gasteiger partial charge in [-0.15, -0.1) is 0 Å². The maximum Gasteiger partial charge on any atom is 0.134 e. The van der Waals surface area contributed by atoms with Crippen molar-refractivity contribution >= 4 is 11.6 Å². The van der Waals surface area contributed by atoms with Crippen LogP contribution in [-0.4, -0.2) is 22.1 Å². The number of hydrogen-bond donors (Lipinski definition) is 1. The van der Waals surface area contributed by atoms with E-state index in [2.05, 4.69) is 28.7 Å². The lowest BCUT2D eigenvalue weighted by Gasteiger charge is -2.29. The van der Waals surface area contributed by atoms with E-state index in [-0.39, 0.29) is 0 Å². The summed E-state index contributed by atoms with van der Waals surface area (Å²) in [6.07, 6.45) is 3.65. The number of hydrogen-bond acceptors (Lipinski definition) is 4. The van der Waals surface area contributed by atoms with Gasteiger partial charge in [0, 0.05) is 18.2 Å². The topological polar surface area (TPSA) is 55.0 Å². The molecule has 0 aromatic carbocycles. The zero-order valence-electron chi connectivity index (χ0n) is 10.3. The summed E-state index contributed by atoms with van der Waals surface area (Å²) < 4.78 is 0. The highest BCUT2D eigenvalue weighted by atomic mass is 15.3. The first-order chi connectivity index (χ1) is 7.61. The minimum Gasteiger partial charge on any atom is -0.384 e. The molecule has 0 bridgehead atoms. The van der Waals surface area contributed by atoms with Crippen molar-refractivity contribution in [1.29, 1.82) is 0 Å². The van der Waals surface area contributed by atoms with Crippen LogP contribution in [-0.2, 0) is 0 Å². The summed E-state index contributed by atoms with van der Waals surface area (Å²) in [6.45, 7) is 6.37. The molecule has 0 amide bonds. The van der Waals surface area contributed by atoms with Gasteiger partial charge >= 0.3 is 0 Å². The maximum absolute atomic E-state index is 5.78. The van der Waals surface area contributed by atoms with Crippen molar-refractivity contribution < 1.29 is 0 Å². The van der Waals surface area contributed by atoms with Crippen LogP contribution in [0.2, 0.25) is 0 Å². The highest BCUT2D eigenvalue weighted by molar-refractivity contribution is 5.49. The fraction of sp³-hybridized carbons (Fsp3) is 0.667. The van der Waals surface area contributed by atoms with Gasteiger partial charge in [0.25, 0.3) is 0 Å². The third-order valence-corrected chi connectivity index (χ3v) is 3.37. The smallest absolute Gasteiger partial charge is 0.134 e. The Balaban J connectivity index is 2.34. The summed E-state index contributed by atoms with van der Waals surface area (Å²) in [5.74, 6) is 2.31. The molecule has 2 rings (SSSR count). The summed E-state index contributed by atoms with van der Waals surface area (Å²) in [4.78, 5) is 11.0. The quantitative estimate of drug-likeness (QED) is 0.829. The van der Waals surface area contributed by atoms with E-state index in [0.717, 1.165) is 18.1 Å². The predicted octanol–water partition coefficient (Wildman–Crippen LogP) is 2.13. The molecule has 1 fully saturated rings. The van der Waals surface area contributed by atoms with Gasteiger partial charge < -0.3 is 10.6 Å². The molecular formula is C12H20N4. The van der Waals surface area contributed by atoms with Gasteiger partial charge in [0.1, 0.15) is 17.5 Å². The van der Waals surface area contributed by atoms with Gasteiger partial charge in [-0.05, 0) is 33.1 Å². The van der Waals surface area contributed by atoms with E-state index in [4.69, 9.17) is 5.73 Å². The Kier molecular flexibility index (Phi) is 2.99. The van der Waals surface area contributed by atoms with Crippen molar-refractivity contribution in [2.75, 3.05) is 10.6 Å². The summed E-state index contributed by atoms with van der Waals surface area (Å²) in [5, 5.41) is 0. The Labute approximate surface area is 96.9 Å². The van der Waals surface area contributed by atoms with E-state index in [9.17, 15) is 0 Å². The predicted molar refractivity (Wildman–Crippen MR) is 66.4 cm³/mol. The molecule has 1 aliphatic heterocycles. The Morgan fingerprint density at radius 1 is 1.44 bits per heavy atom. The summed E-state index contributed by atoms with van der Waals surface area (Å²) in [6, 6.07) is 3.04. The van der Waals surface area contributed by atoms with Gasteiger partial charge in [0.15, 0.2) is 0 Å². The van der Waals surface area contributed by atoms with E-state index in [1.165, 1.54) is 12.8 Å². The first-order valence-corrected chi connectivity index (χ1v) is 6.01. The minimum atomic E-state index is 0.554. The molecule has 2 unspecified atom stereocenters. The van der Waals surface area contributed by atoms with Crippen LogP contribution in [0.1, 0.15) is 38.9 Å². The van der Waals surface area contributed by atoms with Gasteiger partial charge in [-0.3, -0.25) is 0 Å². The Hall–Kier alpha value is -1.32. The average Bonchev–Trinajstić information content (AvgIpc) is 2.58. The van der Waals surface area contributed by atoms with Gasteiger partial charge in [-0.25, -0.2) is 9.97 Å². The van der Waals surface area contributed by atoms with Crippen LogP contribution < -0.4 is 10.6 Å². The van der Waals surface area contributed by atoms with Gasteiger partial charge in [0.2, 0.25) is 0 Å². The lowest BCUT2D eigenvalue weighted by Crippen LogP contribution is -2.35. The number of rotatable bonds is 2. The van der Waals surface area contributed by atoms with E-state index >= 15 is 0 Å². The van der Waals surface area contributed by atoms with E-state index < -0.39 is 0 Å². The molecule has 1 aromatic heterocycles. The Morgan fingerprint density at radius 2 is 2.19 bits per heavy atom. The number of nitrogens with two attached hydrogens (primary N) is 1. The summed E-state index contributed by atoms with van der Waals surface area (Å²) in [5.41, 5.74) is 5.78. The van der Waals surface area contributed by atoms with Crippen LogP contribution in [0.15, 0.2) is 6.07 Å². The van der Waals surface area contributed by atoms with Crippen LogP contribution in [0, 0.1) is 6.92 Å². The van der Waals surface area contributed by atoms with Gasteiger partial charge in [-0.2, -0.15) is 0 Å². The van der Waals surface area contributed by atoms with Gasteiger partial charge in [0.05, 0.1) is 0 Å². The molecule has 1 saturated heterocycles. The summed E-state index contributed by atoms with van der Waals surface area (Å²) in [7, 11) is 0. The molecule has 0 saturated carbocycles. The van der Waals surface area contributed by atoms with E-state index in [1.54, 1.807) is 0 Å². The number of aryl methyl sites for hydroxylation is 1. The normalized spacial score (nSPS) is 25.1. The number of nitrogen functional groups attached to an aromatic ring is 1. The van der Waals surface area contributed by atoms with Crippen LogP contribution >= 0.6 is 0 Å². The number of nitrogens with zero attached hydrogens (tertiary/aromatic N) is 3. The summed E-state index contributed by atoms with van der Waals surface area (Å²) >= 11 is 0. The molecule has 1 aliphatic rings. The molecule has 4 heteroatoms. The van der Waals surface area contributed by atoms with Crippen LogP contribution in [0.3, 0.4) is 0 Å². The first kappa shape index (κ1) is 11.2. The Morgan fingerprint density at radius 3 is 2.81 bits per heavy atom. The molecule has 2 atom stereocenters. The van der Waals surface area contributed by atoms with Crippen LogP contribution in [0.5, 0.6) is 0 Å². The third-order valence-electron chi connectivity index (χ3n) is 3.37. The molecule has 16 heavy (non-hydrogen) atoms. The molecule has 0 spiro atoms. The van der Waals surface area contributed by atoms with Crippen LogP contribution in [0.25, 0.3) is 0 Å². The molecule has 2 N–H and O–H groups in total. The average molecular weight is 220 g/mol.